The highest BCUT2D eigenvalue weighted by Crippen LogP contribution is 2.48. The molecule has 10 aromatic rings. The second-order valence-electron chi connectivity index (χ2n) is 21.0. The Bertz CT molecular complexity index is 3440. The highest BCUT2D eigenvalue weighted by Gasteiger charge is 2.37. The summed E-state index contributed by atoms with van der Waals surface area (Å²) in [6.45, 7) is 12.8. The Labute approximate surface area is 444 Å². The van der Waals surface area contributed by atoms with Gasteiger partial charge < -0.3 is 9.80 Å². The first-order chi connectivity index (χ1) is 36.5. The number of benzene rings is 9. The normalized spacial score (nSPS) is 13.1. The van der Waals surface area contributed by atoms with Crippen molar-refractivity contribution in [2.24, 2.45) is 0 Å². The predicted molar refractivity (Wildman–Crippen MR) is 313 cm³/mol. The van der Waals surface area contributed by atoms with Crippen LogP contribution in [0.1, 0.15) is 87.7 Å². The molecule has 1 aliphatic rings. The third-order valence-electron chi connectivity index (χ3n) is 15.2. The van der Waals surface area contributed by atoms with Gasteiger partial charge in [-0.05, 0) is 168 Å². The zero-order valence-electron chi connectivity index (χ0n) is 44.2. The number of anilines is 6. The molecule has 11 rings (SSSR count). The van der Waals surface area contributed by atoms with Crippen LogP contribution in [0.4, 0.5) is 34.1 Å². The number of rotatable bonds is 13. The molecule has 1 fully saturated rings. The summed E-state index contributed by atoms with van der Waals surface area (Å²) in [7, 11) is 0. The van der Waals surface area contributed by atoms with Gasteiger partial charge in [-0.3, -0.25) is 0 Å². The summed E-state index contributed by atoms with van der Waals surface area (Å²) < 4.78 is 0. The first-order valence-electron chi connectivity index (χ1n) is 26.7. The molecule has 0 radical (unpaired) electrons. The maximum atomic E-state index is 5.19. The number of hydrogen-bond donors (Lipinski definition) is 0. The molecule has 1 heterocycles. The van der Waals surface area contributed by atoms with E-state index in [1.54, 1.807) is 0 Å². The molecule has 370 valence electrons. The minimum atomic E-state index is -0.160. The summed E-state index contributed by atoms with van der Waals surface area (Å²) >= 11 is 0. The van der Waals surface area contributed by atoms with E-state index < -0.39 is 0 Å². The number of aromatic nitrogens is 3. The maximum Gasteiger partial charge on any atom is 0.164 e. The van der Waals surface area contributed by atoms with Gasteiger partial charge in [-0.15, -0.1) is 0 Å². The summed E-state index contributed by atoms with van der Waals surface area (Å²) in [4.78, 5) is 20.3. The Kier molecular flexibility index (Phi) is 13.8. The summed E-state index contributed by atoms with van der Waals surface area (Å²) in [5.41, 5.74) is 22.1. The van der Waals surface area contributed by atoms with Gasteiger partial charge in [0, 0.05) is 56.2 Å². The first kappa shape index (κ1) is 48.8. The number of aryl methyl sites for hydroxylation is 6. The van der Waals surface area contributed by atoms with Crippen molar-refractivity contribution in [3.8, 4) is 34.2 Å². The van der Waals surface area contributed by atoms with Gasteiger partial charge >= 0.3 is 0 Å². The Morgan fingerprint density at radius 2 is 0.733 bits per heavy atom. The zero-order valence-corrected chi connectivity index (χ0v) is 44.2. The van der Waals surface area contributed by atoms with Crippen molar-refractivity contribution >= 4 is 34.1 Å². The molecule has 0 bridgehead atoms. The van der Waals surface area contributed by atoms with E-state index in [0.29, 0.717) is 23.9 Å². The largest absolute Gasteiger partial charge is 0.311 e. The summed E-state index contributed by atoms with van der Waals surface area (Å²) in [6.07, 6.45) is 6.48. The van der Waals surface area contributed by atoms with Crippen molar-refractivity contribution < 1.29 is 0 Å². The van der Waals surface area contributed by atoms with Crippen LogP contribution in [0, 0.1) is 41.5 Å². The third kappa shape index (κ3) is 10.5. The molecule has 0 atom stereocenters. The van der Waals surface area contributed by atoms with E-state index in [9.17, 15) is 0 Å². The molecule has 1 aliphatic carbocycles. The SMILES string of the molecule is Cc1ccc(N(c2ccc(C)cc2)c2ccc(C3(c4ccc(N(c5ccc(C)cc5)c5ccc(C)cc5)c(Cc5cccc(-c6nc(-c7cccc(C)c7)nc(-c7cccc(C)c7)n6)c5)c4)CCCCC3)cc2)cc1. The lowest BCUT2D eigenvalue weighted by Gasteiger charge is -2.40. The Hall–Kier alpha value is -8.41. The monoisotopic (exact) mass is 976 g/mol. The van der Waals surface area contributed by atoms with Crippen molar-refractivity contribution in [1.82, 2.24) is 15.0 Å². The molecule has 0 unspecified atom stereocenters. The minimum Gasteiger partial charge on any atom is -0.311 e. The van der Waals surface area contributed by atoms with E-state index in [-0.39, 0.29) is 5.41 Å². The van der Waals surface area contributed by atoms with Crippen molar-refractivity contribution in [3.63, 3.8) is 0 Å². The van der Waals surface area contributed by atoms with Gasteiger partial charge in [0.05, 0.1) is 0 Å². The van der Waals surface area contributed by atoms with Crippen molar-refractivity contribution in [2.75, 3.05) is 9.80 Å². The molecule has 1 saturated carbocycles. The van der Waals surface area contributed by atoms with Crippen molar-refractivity contribution in [3.05, 3.63) is 268 Å². The van der Waals surface area contributed by atoms with Gasteiger partial charge in [-0.25, -0.2) is 15.0 Å². The van der Waals surface area contributed by atoms with Crippen molar-refractivity contribution in [1.29, 1.82) is 0 Å². The average Bonchev–Trinajstić information content (AvgIpc) is 3.44. The van der Waals surface area contributed by atoms with Crippen molar-refractivity contribution in [2.45, 2.75) is 85.5 Å². The fourth-order valence-corrected chi connectivity index (χ4v) is 11.1. The van der Waals surface area contributed by atoms with E-state index in [1.807, 2.05) is 0 Å². The van der Waals surface area contributed by atoms with Crippen LogP contribution in [0.25, 0.3) is 34.2 Å². The molecule has 0 saturated heterocycles. The number of nitrogens with zero attached hydrogens (tertiary/aromatic N) is 5. The van der Waals surface area contributed by atoms with Crippen LogP contribution >= 0.6 is 0 Å². The van der Waals surface area contributed by atoms with E-state index in [4.69, 9.17) is 15.0 Å². The van der Waals surface area contributed by atoms with E-state index >= 15 is 0 Å². The summed E-state index contributed by atoms with van der Waals surface area (Å²) in [5.74, 6) is 1.98. The van der Waals surface area contributed by atoms with Gasteiger partial charge in [0.2, 0.25) is 0 Å². The molecule has 5 heteroatoms. The van der Waals surface area contributed by atoms with Gasteiger partial charge in [0.1, 0.15) is 0 Å². The molecule has 0 spiro atoms. The Balaban J connectivity index is 1.04. The summed E-state index contributed by atoms with van der Waals surface area (Å²) in [6, 6.07) is 78.3. The zero-order chi connectivity index (χ0) is 51.5. The van der Waals surface area contributed by atoms with Crippen LogP contribution in [0.15, 0.2) is 212 Å². The van der Waals surface area contributed by atoms with E-state index in [2.05, 4.69) is 264 Å². The molecule has 5 nitrogen and oxygen atoms in total. The van der Waals surface area contributed by atoms with Crippen LogP contribution in [0.5, 0.6) is 0 Å². The highest BCUT2D eigenvalue weighted by atomic mass is 15.1. The first-order valence-corrected chi connectivity index (χ1v) is 26.7. The molecule has 1 aromatic heterocycles. The van der Waals surface area contributed by atoms with Gasteiger partial charge in [-0.1, -0.05) is 180 Å². The lowest BCUT2D eigenvalue weighted by atomic mass is 9.65. The predicted octanol–water partition coefficient (Wildman–Crippen LogP) is 18.5. The fraction of sp³-hybridized carbons (Fsp3) is 0.186. The molecule has 0 aliphatic heterocycles. The molecule has 0 amide bonds. The second kappa shape index (κ2) is 21.2. The second-order valence-corrected chi connectivity index (χ2v) is 21.0. The molecular weight excluding hydrogens is 911 g/mol. The topological polar surface area (TPSA) is 45.2 Å². The minimum absolute atomic E-state index is 0.160. The van der Waals surface area contributed by atoms with Crippen LogP contribution in [0.2, 0.25) is 0 Å². The van der Waals surface area contributed by atoms with E-state index in [1.165, 1.54) is 63.8 Å². The number of hydrogen-bond acceptors (Lipinski definition) is 5. The molecule has 0 N–H and O–H groups in total. The fourth-order valence-electron chi connectivity index (χ4n) is 11.1. The van der Waals surface area contributed by atoms with Crippen LogP contribution in [0.3, 0.4) is 0 Å². The van der Waals surface area contributed by atoms with Crippen LogP contribution < -0.4 is 9.80 Å². The van der Waals surface area contributed by atoms with Gasteiger partial charge in [0.15, 0.2) is 17.5 Å². The molecule has 9 aromatic carbocycles. The average molecular weight is 976 g/mol. The van der Waals surface area contributed by atoms with Gasteiger partial charge in [0.25, 0.3) is 0 Å². The smallest absolute Gasteiger partial charge is 0.164 e. The lowest BCUT2D eigenvalue weighted by Crippen LogP contribution is -2.31. The molecule has 75 heavy (non-hydrogen) atoms. The highest BCUT2D eigenvalue weighted by molar-refractivity contribution is 5.80. The Morgan fingerprint density at radius 3 is 1.17 bits per heavy atom. The van der Waals surface area contributed by atoms with Gasteiger partial charge in [-0.2, -0.15) is 0 Å². The van der Waals surface area contributed by atoms with E-state index in [0.717, 1.165) is 74.8 Å². The summed E-state index contributed by atoms with van der Waals surface area (Å²) in [5, 5.41) is 0. The maximum absolute atomic E-state index is 5.19. The standard InChI is InChI=1S/C70H65N5/c1-48-19-30-61(31-20-48)74(62-32-21-49(2)22-33-62)63-38-27-59(28-39-63)70(41-8-7-9-42-70)60-29-40-66(75(64-34-23-50(3)24-35-64)65-36-25-51(4)26-37-65)58(47-60)46-54-15-12-18-57(45-54)69-72-67(55-16-10-13-52(5)43-55)71-68(73-69)56-17-11-14-53(6)44-56/h10-40,43-45,47H,7-9,41-42,46H2,1-6H3. The lowest BCUT2D eigenvalue weighted by molar-refractivity contribution is 0.346. The Morgan fingerprint density at radius 1 is 0.347 bits per heavy atom. The third-order valence-corrected chi connectivity index (χ3v) is 15.2. The quantitative estimate of drug-likeness (QED) is 0.115. The molecular formula is C70H65N5. The van der Waals surface area contributed by atoms with Crippen LogP contribution in [-0.2, 0) is 11.8 Å². The van der Waals surface area contributed by atoms with Crippen LogP contribution in [-0.4, -0.2) is 15.0 Å².